The number of hydrogen-bond acceptors (Lipinski definition) is 3. The van der Waals surface area contributed by atoms with E-state index >= 15 is 0 Å². The average molecular weight is 258 g/mol. The first-order valence-electron chi connectivity index (χ1n) is 5.52. The molecule has 92 valence electrons. The number of hydrogen-bond donors (Lipinski definition) is 0. The second-order valence-electron chi connectivity index (χ2n) is 3.09. The molecule has 0 heterocycles. The highest BCUT2D eigenvalue weighted by atomic mass is 28.3. The molecular formula is C11H22O3Si2. The van der Waals surface area contributed by atoms with Crippen LogP contribution in [-0.4, -0.2) is 40.1 Å². The van der Waals surface area contributed by atoms with Crippen molar-refractivity contribution in [1.82, 2.24) is 0 Å². The van der Waals surface area contributed by atoms with Crippen LogP contribution in [0.15, 0.2) is 30.3 Å². The lowest BCUT2D eigenvalue weighted by Gasteiger charge is -2.10. The summed E-state index contributed by atoms with van der Waals surface area (Å²) in [4.78, 5) is 0. The standard InChI is InChI=1S/C6H8Si.C5H14O3Si/c7-6-4-2-1-3-5-6;1-4-7-9(6-3)8-5-2/h1-5H,7H3;9H,4-5H2,1-3H3. The van der Waals surface area contributed by atoms with Crippen LogP contribution in [0.25, 0.3) is 0 Å². The summed E-state index contributed by atoms with van der Waals surface area (Å²) in [5, 5.41) is 1.46. The Morgan fingerprint density at radius 2 is 1.56 bits per heavy atom. The van der Waals surface area contributed by atoms with E-state index in [4.69, 9.17) is 13.3 Å². The zero-order valence-corrected chi connectivity index (χ0v) is 13.8. The van der Waals surface area contributed by atoms with E-state index in [-0.39, 0.29) is 0 Å². The Balaban J connectivity index is 0.000000288. The molecule has 0 atom stereocenters. The third kappa shape index (κ3) is 8.81. The van der Waals surface area contributed by atoms with Gasteiger partial charge in [-0.1, -0.05) is 35.5 Å². The summed E-state index contributed by atoms with van der Waals surface area (Å²) < 4.78 is 15.2. The number of benzene rings is 1. The summed E-state index contributed by atoms with van der Waals surface area (Å²) >= 11 is 0. The van der Waals surface area contributed by atoms with Crippen LogP contribution in [0.5, 0.6) is 0 Å². The normalized spacial score (nSPS) is 10.0. The molecule has 0 saturated heterocycles. The first kappa shape index (κ1) is 15.5. The van der Waals surface area contributed by atoms with Crippen molar-refractivity contribution in [1.29, 1.82) is 0 Å². The van der Waals surface area contributed by atoms with Crippen molar-refractivity contribution in [2.75, 3.05) is 20.3 Å². The van der Waals surface area contributed by atoms with Gasteiger partial charge in [0.1, 0.15) is 0 Å². The molecule has 0 saturated carbocycles. The Bertz CT molecular complexity index is 238. The van der Waals surface area contributed by atoms with Crippen molar-refractivity contribution < 1.29 is 13.3 Å². The Labute approximate surface area is 103 Å². The highest BCUT2D eigenvalue weighted by molar-refractivity contribution is 6.36. The van der Waals surface area contributed by atoms with E-state index in [9.17, 15) is 0 Å². The first-order valence-corrected chi connectivity index (χ1v) is 7.93. The Morgan fingerprint density at radius 3 is 1.81 bits per heavy atom. The SMILES string of the molecule is CCO[SiH](OC)OCC.[SiH3]c1ccccc1. The third-order valence-electron chi connectivity index (χ3n) is 1.74. The van der Waals surface area contributed by atoms with Gasteiger partial charge >= 0.3 is 9.53 Å². The van der Waals surface area contributed by atoms with Crippen LogP contribution in [0, 0.1) is 0 Å². The van der Waals surface area contributed by atoms with Gasteiger partial charge in [-0.15, -0.1) is 0 Å². The molecule has 1 rings (SSSR count). The molecule has 16 heavy (non-hydrogen) atoms. The van der Waals surface area contributed by atoms with Crippen LogP contribution < -0.4 is 5.19 Å². The maximum atomic E-state index is 5.13. The maximum Gasteiger partial charge on any atom is 0.483 e. The van der Waals surface area contributed by atoms with E-state index in [1.54, 1.807) is 7.11 Å². The molecule has 0 aliphatic heterocycles. The molecule has 0 spiro atoms. The van der Waals surface area contributed by atoms with Gasteiger partial charge in [-0.05, 0) is 13.8 Å². The van der Waals surface area contributed by atoms with Gasteiger partial charge in [0, 0.05) is 30.6 Å². The summed E-state index contributed by atoms with van der Waals surface area (Å²) in [5.41, 5.74) is 0. The zero-order valence-electron chi connectivity index (χ0n) is 10.6. The van der Waals surface area contributed by atoms with Gasteiger partial charge in [0.15, 0.2) is 0 Å². The fraction of sp³-hybridized carbons (Fsp3) is 0.455. The largest absolute Gasteiger partial charge is 0.483 e. The lowest BCUT2D eigenvalue weighted by Crippen LogP contribution is -2.25. The van der Waals surface area contributed by atoms with Crippen LogP contribution in [0.2, 0.25) is 0 Å². The van der Waals surface area contributed by atoms with Gasteiger partial charge < -0.3 is 13.3 Å². The van der Waals surface area contributed by atoms with Crippen molar-refractivity contribution >= 4 is 25.0 Å². The molecular weight excluding hydrogens is 236 g/mol. The summed E-state index contributed by atoms with van der Waals surface area (Å²) in [6.45, 7) is 5.20. The van der Waals surface area contributed by atoms with E-state index in [2.05, 4.69) is 24.3 Å². The maximum absolute atomic E-state index is 5.13. The predicted octanol–water partition coefficient (Wildman–Crippen LogP) is 0.100. The minimum atomic E-state index is -1.71. The molecule has 0 aromatic heterocycles. The molecule has 0 fully saturated rings. The van der Waals surface area contributed by atoms with Gasteiger partial charge in [0.05, 0.1) is 0 Å². The highest BCUT2D eigenvalue weighted by Crippen LogP contribution is 1.88. The molecule has 3 nitrogen and oxygen atoms in total. The van der Waals surface area contributed by atoms with Crippen LogP contribution in [0.4, 0.5) is 0 Å². The van der Waals surface area contributed by atoms with Crippen molar-refractivity contribution in [3.8, 4) is 0 Å². The van der Waals surface area contributed by atoms with Crippen LogP contribution in [-0.2, 0) is 13.3 Å². The van der Waals surface area contributed by atoms with E-state index < -0.39 is 9.53 Å². The Morgan fingerprint density at radius 1 is 1.06 bits per heavy atom. The lowest BCUT2D eigenvalue weighted by molar-refractivity contribution is 0.123. The zero-order chi connectivity index (χ0) is 12.2. The monoisotopic (exact) mass is 258 g/mol. The fourth-order valence-corrected chi connectivity index (χ4v) is 2.29. The lowest BCUT2D eigenvalue weighted by atomic mass is 10.4. The molecule has 0 unspecified atom stereocenters. The highest BCUT2D eigenvalue weighted by Gasteiger charge is 2.09. The molecule has 0 radical (unpaired) electrons. The van der Waals surface area contributed by atoms with Crippen molar-refractivity contribution in [2.24, 2.45) is 0 Å². The van der Waals surface area contributed by atoms with Gasteiger partial charge in [0.25, 0.3) is 0 Å². The van der Waals surface area contributed by atoms with Crippen LogP contribution >= 0.6 is 0 Å². The summed E-state index contributed by atoms with van der Waals surface area (Å²) in [6, 6.07) is 10.5. The quantitative estimate of drug-likeness (QED) is 0.701. The summed E-state index contributed by atoms with van der Waals surface area (Å²) in [5.74, 6) is 0. The minimum Gasteiger partial charge on any atom is -0.379 e. The molecule has 0 aliphatic rings. The summed E-state index contributed by atoms with van der Waals surface area (Å²) in [7, 11) is 1.07. The van der Waals surface area contributed by atoms with Crippen LogP contribution in [0.1, 0.15) is 13.8 Å². The molecule has 5 heteroatoms. The van der Waals surface area contributed by atoms with Gasteiger partial charge in [0.2, 0.25) is 0 Å². The first-order chi connectivity index (χ1) is 7.74. The van der Waals surface area contributed by atoms with Gasteiger partial charge in [-0.25, -0.2) is 0 Å². The Hall–Kier alpha value is -0.466. The van der Waals surface area contributed by atoms with E-state index in [0.717, 1.165) is 0 Å². The van der Waals surface area contributed by atoms with E-state index in [1.165, 1.54) is 15.4 Å². The Kier molecular flexibility index (Phi) is 10.7. The van der Waals surface area contributed by atoms with E-state index in [1.807, 2.05) is 19.9 Å². The minimum absolute atomic E-state index is 0.671. The average Bonchev–Trinajstić information content (AvgIpc) is 2.30. The summed E-state index contributed by atoms with van der Waals surface area (Å²) in [6.07, 6.45) is 0. The second kappa shape index (κ2) is 11.0. The number of rotatable bonds is 5. The second-order valence-corrected chi connectivity index (χ2v) is 5.96. The molecule has 0 amide bonds. The van der Waals surface area contributed by atoms with Crippen molar-refractivity contribution in [3.05, 3.63) is 30.3 Å². The van der Waals surface area contributed by atoms with Gasteiger partial charge in [-0.3, -0.25) is 0 Å². The third-order valence-corrected chi connectivity index (χ3v) is 4.00. The van der Waals surface area contributed by atoms with E-state index in [0.29, 0.717) is 13.2 Å². The molecule has 1 aromatic rings. The fourth-order valence-electron chi connectivity index (χ4n) is 0.991. The van der Waals surface area contributed by atoms with Crippen LogP contribution in [0.3, 0.4) is 0 Å². The molecule has 0 bridgehead atoms. The smallest absolute Gasteiger partial charge is 0.379 e. The molecule has 0 N–H and O–H groups in total. The van der Waals surface area contributed by atoms with Crippen molar-refractivity contribution in [3.63, 3.8) is 0 Å². The molecule has 0 aliphatic carbocycles. The topological polar surface area (TPSA) is 27.7 Å². The van der Waals surface area contributed by atoms with Gasteiger partial charge in [-0.2, -0.15) is 0 Å². The predicted molar refractivity (Wildman–Crippen MR) is 73.4 cm³/mol. The molecule has 1 aromatic carbocycles. The van der Waals surface area contributed by atoms with Crippen molar-refractivity contribution in [2.45, 2.75) is 13.8 Å².